The minimum atomic E-state index is 0.000277. The Morgan fingerprint density at radius 1 is 1.33 bits per heavy atom. The molecule has 1 heterocycles. The highest BCUT2D eigenvalue weighted by Gasteiger charge is 2.25. The van der Waals surface area contributed by atoms with Gasteiger partial charge in [0.2, 0.25) is 0 Å². The number of nitrogens with zero attached hydrogens (tertiary/aromatic N) is 2. The van der Waals surface area contributed by atoms with Crippen LogP contribution in [0.25, 0.3) is 0 Å². The van der Waals surface area contributed by atoms with Crippen molar-refractivity contribution in [3.8, 4) is 6.07 Å². The maximum absolute atomic E-state index is 8.98. The molecule has 110 valence electrons. The van der Waals surface area contributed by atoms with Gasteiger partial charge in [-0.2, -0.15) is 5.26 Å². The van der Waals surface area contributed by atoms with Gasteiger partial charge >= 0.3 is 0 Å². The summed E-state index contributed by atoms with van der Waals surface area (Å²) in [5, 5.41) is 8.98. The summed E-state index contributed by atoms with van der Waals surface area (Å²) in [6.45, 7) is 2.79. The molecule has 0 aliphatic rings. The molecule has 4 nitrogen and oxygen atoms in total. The largest absolute Gasteiger partial charge is 0.468 e. The molecule has 0 aliphatic carbocycles. The van der Waals surface area contributed by atoms with Gasteiger partial charge in [0.05, 0.1) is 23.9 Å². The molecule has 2 aromatic rings. The minimum Gasteiger partial charge on any atom is -0.468 e. The summed E-state index contributed by atoms with van der Waals surface area (Å²) in [5.74, 6) is 0.878. The van der Waals surface area contributed by atoms with Crippen molar-refractivity contribution in [1.29, 1.82) is 5.26 Å². The highest BCUT2D eigenvalue weighted by atomic mass is 16.3. The topological polar surface area (TPSA) is 66.2 Å². The van der Waals surface area contributed by atoms with Gasteiger partial charge in [0.25, 0.3) is 0 Å². The van der Waals surface area contributed by atoms with Crippen LogP contribution in [0.4, 0.5) is 0 Å². The number of likely N-dealkylation sites (N-methyl/N-ethyl adjacent to an activating group) is 1. The molecule has 0 aliphatic heterocycles. The second-order valence-electron chi connectivity index (χ2n) is 5.26. The molecule has 2 unspecified atom stereocenters. The Bertz CT molecular complexity index is 601. The van der Waals surface area contributed by atoms with E-state index in [0.717, 1.165) is 17.7 Å². The Morgan fingerprint density at radius 3 is 2.76 bits per heavy atom. The van der Waals surface area contributed by atoms with E-state index < -0.39 is 0 Å². The van der Waals surface area contributed by atoms with Crippen LogP contribution in [-0.2, 0) is 6.54 Å². The molecular formula is C17H21N3O. The molecule has 1 aromatic carbocycles. The van der Waals surface area contributed by atoms with Crippen molar-refractivity contribution >= 4 is 0 Å². The molecule has 2 rings (SSSR count). The van der Waals surface area contributed by atoms with Crippen LogP contribution in [0, 0.1) is 11.3 Å². The maximum atomic E-state index is 8.98. The number of hydrogen-bond acceptors (Lipinski definition) is 4. The van der Waals surface area contributed by atoms with Crippen molar-refractivity contribution in [2.24, 2.45) is 5.73 Å². The summed E-state index contributed by atoms with van der Waals surface area (Å²) in [4.78, 5) is 2.17. The van der Waals surface area contributed by atoms with Crippen molar-refractivity contribution in [3.05, 3.63) is 59.5 Å². The van der Waals surface area contributed by atoms with Crippen molar-refractivity contribution < 1.29 is 4.42 Å². The highest BCUT2D eigenvalue weighted by Crippen LogP contribution is 2.26. The third-order valence-electron chi connectivity index (χ3n) is 3.67. The number of benzene rings is 1. The van der Waals surface area contributed by atoms with Gasteiger partial charge in [-0.3, -0.25) is 4.90 Å². The van der Waals surface area contributed by atoms with Crippen LogP contribution in [0.1, 0.15) is 36.3 Å². The Labute approximate surface area is 125 Å². The third-order valence-corrected chi connectivity index (χ3v) is 3.67. The van der Waals surface area contributed by atoms with E-state index in [1.807, 2.05) is 43.4 Å². The summed E-state index contributed by atoms with van der Waals surface area (Å²) in [7, 11) is 2.03. The van der Waals surface area contributed by atoms with Crippen LogP contribution in [0.3, 0.4) is 0 Å². The first-order valence-electron chi connectivity index (χ1n) is 7.14. The van der Waals surface area contributed by atoms with Crippen molar-refractivity contribution in [1.82, 2.24) is 4.90 Å². The normalized spacial score (nSPS) is 13.9. The molecule has 0 saturated carbocycles. The quantitative estimate of drug-likeness (QED) is 0.884. The van der Waals surface area contributed by atoms with E-state index >= 15 is 0 Å². The smallest absolute Gasteiger partial charge is 0.122 e. The molecule has 0 bridgehead atoms. The maximum Gasteiger partial charge on any atom is 0.122 e. The van der Waals surface area contributed by atoms with Crippen LogP contribution >= 0.6 is 0 Å². The molecule has 0 spiro atoms. The number of nitriles is 1. The SMILES string of the molecule is CCC(N)C(c1ccco1)N(C)Cc1cccc(C#N)c1. The molecule has 0 radical (unpaired) electrons. The summed E-state index contributed by atoms with van der Waals surface area (Å²) in [5.41, 5.74) is 8.04. The first-order chi connectivity index (χ1) is 10.2. The lowest BCUT2D eigenvalue weighted by Gasteiger charge is -2.30. The molecule has 0 saturated heterocycles. The van der Waals surface area contributed by atoms with Gasteiger partial charge in [0, 0.05) is 12.6 Å². The molecular weight excluding hydrogens is 262 g/mol. The fourth-order valence-electron chi connectivity index (χ4n) is 2.56. The van der Waals surface area contributed by atoms with Crippen LogP contribution in [0.5, 0.6) is 0 Å². The first-order valence-corrected chi connectivity index (χ1v) is 7.14. The van der Waals surface area contributed by atoms with Crippen molar-refractivity contribution in [3.63, 3.8) is 0 Å². The van der Waals surface area contributed by atoms with Gasteiger partial charge in [0.15, 0.2) is 0 Å². The number of furan rings is 1. The van der Waals surface area contributed by atoms with Gasteiger partial charge < -0.3 is 10.2 Å². The summed E-state index contributed by atoms with van der Waals surface area (Å²) in [6, 6.07) is 13.7. The zero-order valence-electron chi connectivity index (χ0n) is 12.5. The lowest BCUT2D eigenvalue weighted by atomic mass is 10.0. The van der Waals surface area contributed by atoms with E-state index in [0.29, 0.717) is 12.1 Å². The minimum absolute atomic E-state index is 0.000277. The van der Waals surface area contributed by atoms with Gasteiger partial charge in [0.1, 0.15) is 5.76 Å². The van der Waals surface area contributed by atoms with Crippen LogP contribution < -0.4 is 5.73 Å². The van der Waals surface area contributed by atoms with E-state index in [4.69, 9.17) is 15.4 Å². The predicted octanol–water partition coefficient (Wildman–Crippen LogP) is 3.06. The van der Waals surface area contributed by atoms with Crippen molar-refractivity contribution in [2.75, 3.05) is 7.05 Å². The van der Waals surface area contributed by atoms with E-state index in [2.05, 4.69) is 17.9 Å². The second kappa shape index (κ2) is 7.07. The number of nitrogens with two attached hydrogens (primary N) is 1. The molecule has 0 fully saturated rings. The molecule has 0 amide bonds. The third kappa shape index (κ3) is 3.72. The molecule has 1 aromatic heterocycles. The predicted molar refractivity (Wildman–Crippen MR) is 82.3 cm³/mol. The lowest BCUT2D eigenvalue weighted by Crippen LogP contribution is -2.38. The van der Waals surface area contributed by atoms with Crippen LogP contribution in [0.15, 0.2) is 47.1 Å². The highest BCUT2D eigenvalue weighted by molar-refractivity contribution is 5.32. The molecule has 2 N–H and O–H groups in total. The Hall–Kier alpha value is -2.09. The average Bonchev–Trinajstić information content (AvgIpc) is 3.01. The summed E-state index contributed by atoms with van der Waals surface area (Å²) >= 11 is 0. The zero-order valence-corrected chi connectivity index (χ0v) is 12.5. The number of rotatable bonds is 6. The van der Waals surface area contributed by atoms with Crippen LogP contribution in [0.2, 0.25) is 0 Å². The summed E-state index contributed by atoms with van der Waals surface area (Å²) < 4.78 is 5.55. The fraction of sp³-hybridized carbons (Fsp3) is 0.353. The van der Waals surface area contributed by atoms with Crippen LogP contribution in [-0.4, -0.2) is 18.0 Å². The fourth-order valence-corrected chi connectivity index (χ4v) is 2.56. The average molecular weight is 283 g/mol. The Balaban J connectivity index is 2.19. The lowest BCUT2D eigenvalue weighted by molar-refractivity contribution is 0.176. The molecule has 2 atom stereocenters. The first kappa shape index (κ1) is 15.3. The standard InChI is InChI=1S/C17H21N3O/c1-3-15(19)17(16-8-5-9-21-16)20(2)12-14-7-4-6-13(10-14)11-18/h4-10,15,17H,3,12,19H2,1-2H3. The number of hydrogen-bond donors (Lipinski definition) is 1. The van der Waals surface area contributed by atoms with E-state index in [1.54, 1.807) is 6.26 Å². The zero-order chi connectivity index (χ0) is 15.2. The monoisotopic (exact) mass is 283 g/mol. The van der Waals surface area contributed by atoms with Gasteiger partial charge in [-0.15, -0.1) is 0 Å². The van der Waals surface area contributed by atoms with Gasteiger partial charge in [-0.05, 0) is 43.3 Å². The van der Waals surface area contributed by atoms with Gasteiger partial charge in [-0.25, -0.2) is 0 Å². The van der Waals surface area contributed by atoms with Gasteiger partial charge in [-0.1, -0.05) is 19.1 Å². The van der Waals surface area contributed by atoms with E-state index in [-0.39, 0.29) is 12.1 Å². The van der Waals surface area contributed by atoms with E-state index in [1.165, 1.54) is 0 Å². The Kier molecular flexibility index (Phi) is 5.15. The molecule has 4 heteroatoms. The van der Waals surface area contributed by atoms with E-state index in [9.17, 15) is 0 Å². The second-order valence-corrected chi connectivity index (χ2v) is 5.26. The van der Waals surface area contributed by atoms with Crippen molar-refractivity contribution in [2.45, 2.75) is 32.0 Å². The Morgan fingerprint density at radius 2 is 2.14 bits per heavy atom. The molecule has 21 heavy (non-hydrogen) atoms. The summed E-state index contributed by atoms with van der Waals surface area (Å²) in [6.07, 6.45) is 2.54.